The molecule has 9 nitrogen and oxygen atoms in total. The number of hydrogen-bond acceptors (Lipinski definition) is 8. The number of hydrogen-bond donors (Lipinski definition) is 0. The third-order valence-corrected chi connectivity index (χ3v) is 4.73. The number of rotatable bonds is 9. The number of nitrogens with zero attached hydrogens (tertiary/aromatic N) is 4. The maximum Gasteiger partial charge on any atom is 0.360 e. The smallest absolute Gasteiger partial charge is 0.360 e. The van der Waals surface area contributed by atoms with Crippen molar-refractivity contribution in [2.24, 2.45) is 17.4 Å². The predicted octanol–water partition coefficient (Wildman–Crippen LogP) is 3.90. The molecule has 3 rings (SSSR count). The predicted molar refractivity (Wildman–Crippen MR) is 124 cm³/mol. The van der Waals surface area contributed by atoms with E-state index in [2.05, 4.69) is 15.4 Å². The summed E-state index contributed by atoms with van der Waals surface area (Å²) in [6.45, 7) is 3.96. The van der Waals surface area contributed by atoms with Crippen molar-refractivity contribution in [1.29, 1.82) is 0 Å². The largest absolute Gasteiger partial charge is 0.464 e. The number of carbonyl (C=O) groups excluding carboxylic acids is 1. The summed E-state index contributed by atoms with van der Waals surface area (Å²) < 4.78 is 12.5. The minimum absolute atomic E-state index is 0.0418. The van der Waals surface area contributed by atoms with Crippen molar-refractivity contribution >= 4 is 17.9 Å². The molecule has 0 atom stereocenters. The Bertz CT molecular complexity index is 1180. The van der Waals surface area contributed by atoms with E-state index in [4.69, 9.17) is 19.1 Å². The Morgan fingerprint density at radius 1 is 1.12 bits per heavy atom. The number of esters is 1. The monoisotopic (exact) mass is 450 g/mol. The van der Waals surface area contributed by atoms with Crippen LogP contribution in [0, 0.1) is 13.8 Å². The van der Waals surface area contributed by atoms with E-state index in [1.54, 1.807) is 36.1 Å². The minimum atomic E-state index is -0.614. The first-order valence-electron chi connectivity index (χ1n) is 10.2. The van der Waals surface area contributed by atoms with Crippen LogP contribution in [0.5, 0.6) is 11.6 Å². The second-order valence-corrected chi connectivity index (χ2v) is 7.13. The van der Waals surface area contributed by atoms with Gasteiger partial charge in [0.1, 0.15) is 19.5 Å². The Hall–Kier alpha value is -4.14. The van der Waals surface area contributed by atoms with Crippen LogP contribution in [0.4, 0.5) is 0 Å². The number of oxime groups is 2. The summed E-state index contributed by atoms with van der Waals surface area (Å²) in [5, 5.41) is 12.3. The van der Waals surface area contributed by atoms with Gasteiger partial charge in [0.15, 0.2) is 5.71 Å². The molecule has 0 radical (unpaired) electrons. The van der Waals surface area contributed by atoms with E-state index < -0.39 is 5.97 Å². The van der Waals surface area contributed by atoms with Crippen molar-refractivity contribution in [3.63, 3.8) is 0 Å². The molecule has 1 heterocycles. The molecule has 0 aliphatic carbocycles. The Labute approximate surface area is 192 Å². The van der Waals surface area contributed by atoms with Crippen molar-refractivity contribution in [2.45, 2.75) is 20.5 Å². The maximum atomic E-state index is 12.1. The Balaban J connectivity index is 1.78. The lowest BCUT2D eigenvalue weighted by molar-refractivity contribution is -0.132. The molecule has 0 spiro atoms. The van der Waals surface area contributed by atoms with Gasteiger partial charge in [0.05, 0.1) is 24.6 Å². The molecule has 0 saturated carbocycles. The van der Waals surface area contributed by atoms with Gasteiger partial charge in [-0.2, -0.15) is 5.10 Å². The van der Waals surface area contributed by atoms with Crippen molar-refractivity contribution in [3.8, 4) is 11.6 Å². The van der Waals surface area contributed by atoms with E-state index in [1.165, 1.54) is 14.2 Å². The highest BCUT2D eigenvalue weighted by Gasteiger charge is 2.19. The molecule has 0 fully saturated rings. The van der Waals surface area contributed by atoms with Gasteiger partial charge >= 0.3 is 5.97 Å². The first-order valence-corrected chi connectivity index (χ1v) is 10.2. The molecular weight excluding hydrogens is 424 g/mol. The number of benzene rings is 2. The van der Waals surface area contributed by atoms with E-state index in [9.17, 15) is 4.79 Å². The highest BCUT2D eigenvalue weighted by Crippen LogP contribution is 2.26. The summed E-state index contributed by atoms with van der Waals surface area (Å²) in [6.07, 6.45) is 1.56. The van der Waals surface area contributed by atoms with Crippen LogP contribution in [0.2, 0.25) is 0 Å². The molecule has 0 aliphatic heterocycles. The molecule has 9 heteroatoms. The normalized spacial score (nSPS) is 11.5. The molecule has 0 bridgehead atoms. The van der Waals surface area contributed by atoms with Crippen LogP contribution in [0.1, 0.15) is 27.9 Å². The van der Waals surface area contributed by atoms with Crippen molar-refractivity contribution in [3.05, 3.63) is 76.5 Å². The molecule has 2 aromatic carbocycles. The van der Waals surface area contributed by atoms with Crippen LogP contribution in [-0.2, 0) is 32.9 Å². The fourth-order valence-corrected chi connectivity index (χ4v) is 3.17. The lowest BCUT2D eigenvalue weighted by Crippen LogP contribution is -2.19. The molecular formula is C24H26N4O5. The van der Waals surface area contributed by atoms with Crippen LogP contribution in [0.15, 0.2) is 58.8 Å². The number of ether oxygens (including phenoxy) is 2. The molecule has 0 aliphatic rings. The van der Waals surface area contributed by atoms with Crippen molar-refractivity contribution in [2.75, 3.05) is 14.2 Å². The number of carbonyl (C=O) groups is 1. The van der Waals surface area contributed by atoms with E-state index in [-0.39, 0.29) is 12.3 Å². The molecule has 0 unspecified atom stereocenters. The molecule has 33 heavy (non-hydrogen) atoms. The lowest BCUT2D eigenvalue weighted by Gasteiger charge is -2.09. The summed E-state index contributed by atoms with van der Waals surface area (Å²) in [5.41, 5.74) is 3.79. The SMILES string of the molecule is CO/N=C(/C(=O)OC)c1ccccc1CO/N=C/c1c(C)nn(C)c1Oc1cccc(C)c1. The van der Waals surface area contributed by atoms with Gasteiger partial charge in [0.2, 0.25) is 5.88 Å². The van der Waals surface area contributed by atoms with E-state index >= 15 is 0 Å². The quantitative estimate of drug-likeness (QED) is 0.279. The number of aryl methyl sites for hydroxylation is 3. The summed E-state index contributed by atoms with van der Waals surface area (Å²) in [5.74, 6) is 0.637. The second-order valence-electron chi connectivity index (χ2n) is 7.13. The third kappa shape index (κ3) is 5.76. The maximum absolute atomic E-state index is 12.1. The molecule has 0 N–H and O–H groups in total. The Kier molecular flexibility index (Phi) is 7.80. The van der Waals surface area contributed by atoms with Crippen LogP contribution >= 0.6 is 0 Å². The summed E-state index contributed by atoms with van der Waals surface area (Å²) in [7, 11) is 4.44. The van der Waals surface area contributed by atoms with E-state index in [0.29, 0.717) is 28.3 Å². The van der Waals surface area contributed by atoms with Crippen LogP contribution in [0.3, 0.4) is 0 Å². The number of aromatic nitrogens is 2. The Morgan fingerprint density at radius 3 is 2.64 bits per heavy atom. The highest BCUT2D eigenvalue weighted by atomic mass is 16.6. The lowest BCUT2D eigenvalue weighted by atomic mass is 10.0. The summed E-state index contributed by atoms with van der Waals surface area (Å²) in [4.78, 5) is 22.4. The molecule has 172 valence electrons. The van der Waals surface area contributed by atoms with Crippen LogP contribution in [0.25, 0.3) is 0 Å². The standard InChI is InChI=1S/C24H26N4O5/c1-16-9-8-11-19(13-16)33-23-21(17(2)26-28(23)3)14-25-32-15-18-10-6-7-12-20(18)22(27-31-5)24(29)30-4/h6-14H,15H2,1-5H3/b25-14+,27-22+. The van der Waals surface area contributed by atoms with Gasteiger partial charge < -0.3 is 19.1 Å². The van der Waals surface area contributed by atoms with Gasteiger partial charge in [0, 0.05) is 18.2 Å². The van der Waals surface area contributed by atoms with Gasteiger partial charge in [-0.25, -0.2) is 9.48 Å². The zero-order chi connectivity index (χ0) is 23.8. The van der Waals surface area contributed by atoms with Gasteiger partial charge in [-0.3, -0.25) is 0 Å². The van der Waals surface area contributed by atoms with E-state index in [1.807, 2.05) is 44.2 Å². The third-order valence-electron chi connectivity index (χ3n) is 4.73. The van der Waals surface area contributed by atoms with Crippen molar-refractivity contribution in [1.82, 2.24) is 9.78 Å². The number of methoxy groups -OCH3 is 1. The molecule has 0 amide bonds. The molecule has 1 aromatic heterocycles. The van der Waals surface area contributed by atoms with Gasteiger partial charge in [-0.1, -0.05) is 46.7 Å². The van der Waals surface area contributed by atoms with Crippen LogP contribution < -0.4 is 4.74 Å². The van der Waals surface area contributed by atoms with Crippen LogP contribution in [-0.4, -0.2) is 41.9 Å². The molecule has 3 aromatic rings. The first kappa shape index (κ1) is 23.5. The Morgan fingerprint density at radius 2 is 1.91 bits per heavy atom. The van der Waals surface area contributed by atoms with Gasteiger partial charge in [-0.15, -0.1) is 0 Å². The zero-order valence-electron chi connectivity index (χ0n) is 19.2. The molecule has 0 saturated heterocycles. The average Bonchev–Trinajstić information content (AvgIpc) is 3.07. The van der Waals surface area contributed by atoms with E-state index in [0.717, 1.165) is 11.3 Å². The zero-order valence-corrected chi connectivity index (χ0v) is 19.2. The fourth-order valence-electron chi connectivity index (χ4n) is 3.17. The van der Waals surface area contributed by atoms with Crippen molar-refractivity contribution < 1.29 is 23.9 Å². The van der Waals surface area contributed by atoms with Gasteiger partial charge in [-0.05, 0) is 31.5 Å². The highest BCUT2D eigenvalue weighted by molar-refractivity contribution is 6.43. The fraction of sp³-hybridized carbons (Fsp3) is 0.250. The summed E-state index contributed by atoms with van der Waals surface area (Å²) >= 11 is 0. The minimum Gasteiger partial charge on any atom is -0.464 e. The van der Waals surface area contributed by atoms with Gasteiger partial charge in [0.25, 0.3) is 0 Å². The topological polar surface area (TPSA) is 96.5 Å². The average molecular weight is 450 g/mol. The summed E-state index contributed by atoms with van der Waals surface area (Å²) in [6, 6.07) is 14.9. The second kappa shape index (κ2) is 10.9. The first-order chi connectivity index (χ1) is 15.9.